The van der Waals surface area contributed by atoms with E-state index in [-0.39, 0.29) is 29.9 Å². The molecule has 0 aliphatic heterocycles. The minimum atomic E-state index is -0.402. The largest absolute Gasteiger partial charge is 0.462 e. The summed E-state index contributed by atoms with van der Waals surface area (Å²) in [6.07, 6.45) is 0. The molecule has 0 radical (unpaired) electrons. The Morgan fingerprint density at radius 1 is 1.27 bits per heavy atom. The van der Waals surface area contributed by atoms with E-state index in [2.05, 4.69) is 15.5 Å². The molecule has 0 aliphatic rings. The molecule has 12 heteroatoms. The molecule has 33 heavy (non-hydrogen) atoms. The lowest BCUT2D eigenvalue weighted by molar-refractivity contribution is -0.115. The quantitative estimate of drug-likeness (QED) is 0.428. The van der Waals surface area contributed by atoms with Crippen molar-refractivity contribution in [3.05, 3.63) is 40.4 Å². The van der Waals surface area contributed by atoms with Crippen molar-refractivity contribution >= 4 is 56.9 Å². The first kappa shape index (κ1) is 24.7. The molecule has 1 aromatic carbocycles. The van der Waals surface area contributed by atoms with Gasteiger partial charge in [0, 0.05) is 19.7 Å². The molecule has 0 bridgehead atoms. The summed E-state index contributed by atoms with van der Waals surface area (Å²) in [5, 5.41) is 6.29. The summed E-state index contributed by atoms with van der Waals surface area (Å²) in [4.78, 5) is 41.2. The minimum Gasteiger partial charge on any atom is -0.462 e. The van der Waals surface area contributed by atoms with E-state index in [4.69, 9.17) is 14.0 Å². The van der Waals surface area contributed by atoms with Crippen LogP contribution in [0.2, 0.25) is 0 Å². The SMILES string of the molecule is CCOC(=O)c1ccc2c(c1)sc(=NC(=O)CSCC(=O)Nc1cc(C)on1)n2CCOC. The number of methoxy groups -OCH3 is 1. The first-order valence-electron chi connectivity index (χ1n) is 10.1. The zero-order valence-corrected chi connectivity index (χ0v) is 20.1. The van der Waals surface area contributed by atoms with Gasteiger partial charge in [-0.15, -0.1) is 11.8 Å². The summed E-state index contributed by atoms with van der Waals surface area (Å²) >= 11 is 2.45. The minimum absolute atomic E-state index is 0.0395. The van der Waals surface area contributed by atoms with Gasteiger partial charge in [-0.1, -0.05) is 16.5 Å². The molecule has 0 fully saturated rings. The van der Waals surface area contributed by atoms with Crippen LogP contribution in [0.1, 0.15) is 23.0 Å². The topological polar surface area (TPSA) is 125 Å². The fourth-order valence-electron chi connectivity index (χ4n) is 2.87. The Bertz CT molecular complexity index is 1210. The van der Waals surface area contributed by atoms with Gasteiger partial charge < -0.3 is 23.9 Å². The van der Waals surface area contributed by atoms with Gasteiger partial charge in [-0.05, 0) is 32.0 Å². The standard InChI is InChI=1S/C21H24N4O6S2/c1-4-30-20(28)14-5-6-15-16(10-14)33-21(25(15)7-8-29-3)23-19(27)12-32-11-18(26)22-17-9-13(2)31-24-17/h5-6,9-10H,4,7-8,11-12H2,1-3H3,(H,22,24,26). The van der Waals surface area contributed by atoms with Crippen LogP contribution in [-0.4, -0.2) is 59.3 Å². The van der Waals surface area contributed by atoms with Crippen LogP contribution in [0.15, 0.2) is 33.8 Å². The number of nitrogens with one attached hydrogen (secondary N) is 1. The Kier molecular flexibility index (Phi) is 8.80. The highest BCUT2D eigenvalue weighted by Gasteiger charge is 2.13. The molecule has 0 saturated heterocycles. The molecule has 0 aliphatic carbocycles. The van der Waals surface area contributed by atoms with Gasteiger partial charge in [0.25, 0.3) is 5.91 Å². The highest BCUT2D eigenvalue weighted by Crippen LogP contribution is 2.20. The highest BCUT2D eigenvalue weighted by atomic mass is 32.2. The number of anilines is 1. The van der Waals surface area contributed by atoms with Gasteiger partial charge in [0.15, 0.2) is 10.6 Å². The van der Waals surface area contributed by atoms with Crippen molar-refractivity contribution in [1.82, 2.24) is 9.72 Å². The lowest BCUT2D eigenvalue weighted by atomic mass is 10.2. The fraction of sp³-hybridized carbons (Fsp3) is 0.381. The van der Waals surface area contributed by atoms with Crippen molar-refractivity contribution in [3.63, 3.8) is 0 Å². The van der Waals surface area contributed by atoms with Crippen molar-refractivity contribution < 1.29 is 28.4 Å². The molecule has 10 nitrogen and oxygen atoms in total. The summed E-state index contributed by atoms with van der Waals surface area (Å²) in [7, 11) is 1.60. The number of carbonyl (C=O) groups is 3. The number of carbonyl (C=O) groups excluding carboxylic acids is 3. The zero-order valence-electron chi connectivity index (χ0n) is 18.5. The normalized spacial score (nSPS) is 11.7. The molecule has 0 unspecified atom stereocenters. The summed E-state index contributed by atoms with van der Waals surface area (Å²) in [5.74, 6) is -0.0178. The van der Waals surface area contributed by atoms with Crippen LogP contribution in [0.3, 0.4) is 0 Å². The van der Waals surface area contributed by atoms with E-state index < -0.39 is 5.97 Å². The van der Waals surface area contributed by atoms with Gasteiger partial charge in [-0.25, -0.2) is 4.79 Å². The maximum Gasteiger partial charge on any atom is 0.338 e. The van der Waals surface area contributed by atoms with Crippen LogP contribution in [0.25, 0.3) is 10.2 Å². The molecule has 3 rings (SSSR count). The van der Waals surface area contributed by atoms with Crippen molar-refractivity contribution in [2.24, 2.45) is 4.99 Å². The number of thioether (sulfide) groups is 1. The fourth-order valence-corrected chi connectivity index (χ4v) is 4.58. The molecule has 2 heterocycles. The van der Waals surface area contributed by atoms with Gasteiger partial charge in [-0.3, -0.25) is 9.59 Å². The van der Waals surface area contributed by atoms with Crippen LogP contribution in [0, 0.1) is 6.92 Å². The number of hydrogen-bond donors (Lipinski definition) is 1. The number of amides is 2. The van der Waals surface area contributed by atoms with Gasteiger partial charge in [0.2, 0.25) is 5.91 Å². The lowest BCUT2D eigenvalue weighted by Crippen LogP contribution is -2.20. The van der Waals surface area contributed by atoms with E-state index in [1.165, 1.54) is 11.3 Å². The first-order valence-corrected chi connectivity index (χ1v) is 12.1. The summed E-state index contributed by atoms with van der Waals surface area (Å²) in [6, 6.07) is 6.83. The van der Waals surface area contributed by atoms with Crippen LogP contribution in [-0.2, 0) is 25.6 Å². The van der Waals surface area contributed by atoms with E-state index in [0.29, 0.717) is 35.1 Å². The van der Waals surface area contributed by atoms with Crippen molar-refractivity contribution in [2.75, 3.05) is 37.1 Å². The second-order valence-corrected chi connectivity index (χ2v) is 8.80. The number of thiazole rings is 1. The average Bonchev–Trinajstić information content (AvgIpc) is 3.34. The second-order valence-electron chi connectivity index (χ2n) is 6.80. The highest BCUT2D eigenvalue weighted by molar-refractivity contribution is 8.00. The number of esters is 1. The third-order valence-corrected chi connectivity index (χ3v) is 6.25. The van der Waals surface area contributed by atoms with E-state index >= 15 is 0 Å². The predicted octanol–water partition coefficient (Wildman–Crippen LogP) is 2.62. The van der Waals surface area contributed by atoms with E-state index in [1.54, 1.807) is 39.2 Å². The van der Waals surface area contributed by atoms with Gasteiger partial charge in [-0.2, -0.15) is 4.99 Å². The molecule has 3 aromatic rings. The lowest BCUT2D eigenvalue weighted by Gasteiger charge is -2.05. The van der Waals surface area contributed by atoms with Gasteiger partial charge >= 0.3 is 5.97 Å². The maximum atomic E-state index is 12.5. The van der Waals surface area contributed by atoms with Crippen molar-refractivity contribution in [3.8, 4) is 0 Å². The number of fused-ring (bicyclic) bond motifs is 1. The molecule has 2 aromatic heterocycles. The van der Waals surface area contributed by atoms with Gasteiger partial charge in [0.1, 0.15) is 5.76 Å². The monoisotopic (exact) mass is 492 g/mol. The molecule has 0 saturated carbocycles. The summed E-state index contributed by atoms with van der Waals surface area (Å²) in [5.41, 5.74) is 1.28. The molecular formula is C21H24N4O6S2. The van der Waals surface area contributed by atoms with Crippen LogP contribution >= 0.6 is 23.1 Å². The first-order chi connectivity index (χ1) is 15.9. The molecule has 0 spiro atoms. The number of benzene rings is 1. The Morgan fingerprint density at radius 3 is 2.79 bits per heavy atom. The Hall–Kier alpha value is -2.96. The van der Waals surface area contributed by atoms with Crippen molar-refractivity contribution in [1.29, 1.82) is 0 Å². The molecular weight excluding hydrogens is 468 g/mol. The Morgan fingerprint density at radius 2 is 2.09 bits per heavy atom. The Balaban J connectivity index is 1.71. The molecule has 1 N–H and O–H groups in total. The average molecular weight is 493 g/mol. The molecule has 0 atom stereocenters. The van der Waals surface area contributed by atoms with Crippen LogP contribution in [0.4, 0.5) is 5.82 Å². The number of nitrogens with zero attached hydrogens (tertiary/aromatic N) is 3. The number of hydrogen-bond acceptors (Lipinski definition) is 9. The number of aryl methyl sites for hydroxylation is 1. The van der Waals surface area contributed by atoms with Crippen LogP contribution < -0.4 is 10.1 Å². The molecule has 176 valence electrons. The summed E-state index contributed by atoms with van der Waals surface area (Å²) in [6.45, 7) is 4.69. The van der Waals surface area contributed by atoms with Crippen molar-refractivity contribution in [2.45, 2.75) is 20.4 Å². The van der Waals surface area contributed by atoms with E-state index in [9.17, 15) is 14.4 Å². The number of rotatable bonds is 10. The summed E-state index contributed by atoms with van der Waals surface area (Å²) < 4.78 is 17.8. The third-order valence-electron chi connectivity index (χ3n) is 4.29. The zero-order chi connectivity index (χ0) is 23.8. The number of ether oxygens (including phenoxy) is 2. The maximum absolute atomic E-state index is 12.5. The smallest absolute Gasteiger partial charge is 0.338 e. The second kappa shape index (κ2) is 11.8. The van der Waals surface area contributed by atoms with Crippen LogP contribution in [0.5, 0.6) is 0 Å². The van der Waals surface area contributed by atoms with Gasteiger partial charge in [0.05, 0.1) is 40.5 Å². The number of aromatic nitrogens is 2. The van der Waals surface area contributed by atoms with E-state index in [1.807, 2.05) is 10.6 Å². The van der Waals surface area contributed by atoms with E-state index in [0.717, 1.165) is 22.0 Å². The Labute approximate surface area is 197 Å². The molecule has 2 amide bonds. The third kappa shape index (κ3) is 6.76. The predicted molar refractivity (Wildman–Crippen MR) is 125 cm³/mol.